The molecule has 1 unspecified atom stereocenters. The van der Waals surface area contributed by atoms with Crippen LogP contribution >= 0.6 is 0 Å². The van der Waals surface area contributed by atoms with E-state index in [9.17, 15) is 0 Å². The third-order valence-electron chi connectivity index (χ3n) is 3.45. The minimum Gasteiger partial charge on any atom is -0.497 e. The number of hydrogen-bond acceptors (Lipinski definition) is 3. The largest absolute Gasteiger partial charge is 0.497 e. The number of allylic oxidation sites excluding steroid dienone is 3. The van der Waals surface area contributed by atoms with Crippen LogP contribution in [0.15, 0.2) is 42.5 Å². The molecule has 0 heterocycles. The zero-order valence-electron chi connectivity index (χ0n) is 10.8. The number of hydrogen-bond donors (Lipinski definition) is 1. The molecule has 0 radical (unpaired) electrons. The van der Waals surface area contributed by atoms with Crippen molar-refractivity contribution in [3.05, 3.63) is 48.1 Å². The van der Waals surface area contributed by atoms with E-state index in [1.807, 2.05) is 30.4 Å². The van der Waals surface area contributed by atoms with Gasteiger partial charge in [0.15, 0.2) is 0 Å². The lowest BCUT2D eigenvalue weighted by molar-refractivity contribution is 0.381. The van der Waals surface area contributed by atoms with Crippen LogP contribution in [0.4, 0.5) is 0 Å². The van der Waals surface area contributed by atoms with Gasteiger partial charge in [-0.1, -0.05) is 30.4 Å². The molecule has 0 spiro atoms. The molecular weight excluding hydrogens is 226 g/mol. The maximum absolute atomic E-state index is 5.99. The van der Waals surface area contributed by atoms with Gasteiger partial charge in [0.1, 0.15) is 11.5 Å². The zero-order valence-corrected chi connectivity index (χ0v) is 10.8. The second-order valence-corrected chi connectivity index (χ2v) is 4.42. The normalized spacial score (nSPS) is 21.9. The SMILES string of the molecule is COc1ccc(C2(CN)C=CC=CC2)c(OC)c1. The summed E-state index contributed by atoms with van der Waals surface area (Å²) in [7, 11) is 3.32. The van der Waals surface area contributed by atoms with Crippen molar-refractivity contribution in [3.63, 3.8) is 0 Å². The maximum Gasteiger partial charge on any atom is 0.126 e. The van der Waals surface area contributed by atoms with Crippen LogP contribution in [0.1, 0.15) is 12.0 Å². The molecule has 0 saturated carbocycles. The van der Waals surface area contributed by atoms with Gasteiger partial charge in [0.2, 0.25) is 0 Å². The van der Waals surface area contributed by atoms with E-state index in [0.717, 1.165) is 23.5 Å². The lowest BCUT2D eigenvalue weighted by Crippen LogP contribution is -2.33. The molecule has 0 aromatic heterocycles. The minimum atomic E-state index is -0.174. The van der Waals surface area contributed by atoms with Crippen LogP contribution in [0, 0.1) is 0 Å². The standard InChI is InChI=1S/C15H19NO2/c1-17-12-6-7-13(14(10-12)18-2)15(11-16)8-4-3-5-9-15/h3-8,10H,9,11,16H2,1-2H3. The van der Waals surface area contributed by atoms with Crippen molar-refractivity contribution in [2.24, 2.45) is 5.73 Å². The Kier molecular flexibility index (Phi) is 3.72. The van der Waals surface area contributed by atoms with Crippen molar-refractivity contribution < 1.29 is 9.47 Å². The summed E-state index contributed by atoms with van der Waals surface area (Å²) in [5, 5.41) is 0. The Morgan fingerprint density at radius 3 is 2.61 bits per heavy atom. The smallest absolute Gasteiger partial charge is 0.126 e. The van der Waals surface area contributed by atoms with Crippen molar-refractivity contribution in [3.8, 4) is 11.5 Å². The van der Waals surface area contributed by atoms with Crippen molar-refractivity contribution in [1.82, 2.24) is 0 Å². The first-order chi connectivity index (χ1) is 8.75. The highest BCUT2D eigenvalue weighted by Crippen LogP contribution is 2.39. The van der Waals surface area contributed by atoms with Crippen molar-refractivity contribution >= 4 is 0 Å². The van der Waals surface area contributed by atoms with Gasteiger partial charge in [-0.3, -0.25) is 0 Å². The van der Waals surface area contributed by atoms with Gasteiger partial charge >= 0.3 is 0 Å². The Hall–Kier alpha value is -1.74. The topological polar surface area (TPSA) is 44.5 Å². The van der Waals surface area contributed by atoms with Crippen LogP contribution in [-0.2, 0) is 5.41 Å². The van der Waals surface area contributed by atoms with E-state index < -0.39 is 0 Å². The molecule has 1 aromatic carbocycles. The van der Waals surface area contributed by atoms with Gasteiger partial charge in [-0.15, -0.1) is 0 Å². The molecule has 1 atom stereocenters. The Morgan fingerprint density at radius 1 is 1.22 bits per heavy atom. The monoisotopic (exact) mass is 245 g/mol. The van der Waals surface area contributed by atoms with Crippen LogP contribution in [-0.4, -0.2) is 20.8 Å². The molecule has 0 amide bonds. The van der Waals surface area contributed by atoms with Crippen LogP contribution in [0.3, 0.4) is 0 Å². The van der Waals surface area contributed by atoms with E-state index in [1.165, 1.54) is 0 Å². The molecule has 1 aromatic rings. The quantitative estimate of drug-likeness (QED) is 0.886. The Morgan fingerprint density at radius 2 is 2.06 bits per heavy atom. The van der Waals surface area contributed by atoms with Gasteiger partial charge in [0, 0.05) is 23.6 Å². The first-order valence-corrected chi connectivity index (χ1v) is 6.03. The highest BCUT2D eigenvalue weighted by Gasteiger charge is 2.31. The first-order valence-electron chi connectivity index (χ1n) is 6.03. The minimum absolute atomic E-state index is 0.174. The summed E-state index contributed by atoms with van der Waals surface area (Å²) in [5.41, 5.74) is 6.92. The number of rotatable bonds is 4. The Labute approximate surface area is 108 Å². The summed E-state index contributed by atoms with van der Waals surface area (Å²) >= 11 is 0. The third-order valence-corrected chi connectivity index (χ3v) is 3.45. The van der Waals surface area contributed by atoms with Gasteiger partial charge in [0.05, 0.1) is 14.2 Å². The average Bonchev–Trinajstić information content (AvgIpc) is 2.47. The maximum atomic E-state index is 5.99. The third kappa shape index (κ3) is 2.14. The van der Waals surface area contributed by atoms with Crippen molar-refractivity contribution in [2.45, 2.75) is 11.8 Å². The van der Waals surface area contributed by atoms with Gasteiger partial charge in [-0.2, -0.15) is 0 Å². The molecule has 2 rings (SSSR count). The molecule has 1 aliphatic rings. The molecule has 2 N–H and O–H groups in total. The van der Waals surface area contributed by atoms with Gasteiger partial charge in [-0.05, 0) is 12.5 Å². The number of ether oxygens (including phenoxy) is 2. The number of nitrogens with two attached hydrogens (primary N) is 1. The molecule has 0 fully saturated rings. The van der Waals surface area contributed by atoms with E-state index in [4.69, 9.17) is 15.2 Å². The van der Waals surface area contributed by atoms with Gasteiger partial charge in [0.25, 0.3) is 0 Å². The Bertz CT molecular complexity index is 479. The fourth-order valence-electron chi connectivity index (χ4n) is 2.34. The summed E-state index contributed by atoms with van der Waals surface area (Å²) in [4.78, 5) is 0. The fourth-order valence-corrected chi connectivity index (χ4v) is 2.34. The molecule has 0 aliphatic heterocycles. The molecule has 3 nitrogen and oxygen atoms in total. The molecular formula is C15H19NO2. The predicted octanol–water partition coefficient (Wildman–Crippen LogP) is 2.42. The van der Waals surface area contributed by atoms with Crippen molar-refractivity contribution in [2.75, 3.05) is 20.8 Å². The molecule has 0 bridgehead atoms. The summed E-state index contributed by atoms with van der Waals surface area (Å²) in [6, 6.07) is 5.88. The van der Waals surface area contributed by atoms with Crippen LogP contribution in [0.5, 0.6) is 11.5 Å². The average molecular weight is 245 g/mol. The van der Waals surface area contributed by atoms with E-state index in [1.54, 1.807) is 14.2 Å². The summed E-state index contributed by atoms with van der Waals surface area (Å²) < 4.78 is 10.7. The number of methoxy groups -OCH3 is 2. The van der Waals surface area contributed by atoms with E-state index >= 15 is 0 Å². The number of benzene rings is 1. The van der Waals surface area contributed by atoms with Crippen LogP contribution < -0.4 is 15.2 Å². The molecule has 0 saturated heterocycles. The highest BCUT2D eigenvalue weighted by molar-refractivity contribution is 5.49. The fraction of sp³-hybridized carbons (Fsp3) is 0.333. The highest BCUT2D eigenvalue weighted by atomic mass is 16.5. The van der Waals surface area contributed by atoms with Gasteiger partial charge in [-0.25, -0.2) is 0 Å². The summed E-state index contributed by atoms with van der Waals surface area (Å²) in [5.74, 6) is 1.61. The first kappa shape index (κ1) is 12.7. The van der Waals surface area contributed by atoms with Crippen molar-refractivity contribution in [1.29, 1.82) is 0 Å². The van der Waals surface area contributed by atoms with E-state index in [-0.39, 0.29) is 5.41 Å². The second-order valence-electron chi connectivity index (χ2n) is 4.42. The lowest BCUT2D eigenvalue weighted by Gasteiger charge is -2.31. The molecule has 18 heavy (non-hydrogen) atoms. The van der Waals surface area contributed by atoms with Crippen LogP contribution in [0.2, 0.25) is 0 Å². The van der Waals surface area contributed by atoms with E-state index in [2.05, 4.69) is 12.2 Å². The Balaban J connectivity index is 2.48. The second kappa shape index (κ2) is 5.27. The molecule has 96 valence electrons. The summed E-state index contributed by atoms with van der Waals surface area (Å²) in [6.07, 6.45) is 9.26. The van der Waals surface area contributed by atoms with Gasteiger partial charge < -0.3 is 15.2 Å². The molecule has 1 aliphatic carbocycles. The zero-order chi connectivity index (χ0) is 13.0. The predicted molar refractivity (Wildman–Crippen MR) is 73.2 cm³/mol. The lowest BCUT2D eigenvalue weighted by atomic mass is 9.75. The molecule has 3 heteroatoms. The van der Waals surface area contributed by atoms with Crippen LogP contribution in [0.25, 0.3) is 0 Å². The van der Waals surface area contributed by atoms with E-state index in [0.29, 0.717) is 6.54 Å². The summed E-state index contributed by atoms with van der Waals surface area (Å²) in [6.45, 7) is 0.552.